The third-order valence-electron chi connectivity index (χ3n) is 2.53. The van der Waals surface area contributed by atoms with Crippen LogP contribution in [0.25, 0.3) is 0 Å². The van der Waals surface area contributed by atoms with Crippen molar-refractivity contribution in [1.82, 2.24) is 10.6 Å². The molecule has 0 fully saturated rings. The van der Waals surface area contributed by atoms with Gasteiger partial charge in [0, 0.05) is 6.42 Å². The first-order valence-corrected chi connectivity index (χ1v) is 5.89. The van der Waals surface area contributed by atoms with E-state index < -0.39 is 35.5 Å². The van der Waals surface area contributed by atoms with E-state index in [2.05, 4.69) is 10.6 Å². The van der Waals surface area contributed by atoms with Crippen LogP contribution in [0.1, 0.15) is 33.1 Å². The molecule has 0 spiro atoms. The van der Waals surface area contributed by atoms with Crippen molar-refractivity contribution in [3.05, 3.63) is 0 Å². The molecular weight excluding hydrogens is 270 g/mol. The Hall–Kier alpha value is -2.32. The maximum atomic E-state index is 11.6. The lowest BCUT2D eigenvalue weighted by atomic mass is 10.1. The molecule has 0 saturated carbocycles. The molecule has 0 aliphatic carbocycles. The number of aliphatic carboxylic acids is 2. The molecule has 3 amide bonds. The summed E-state index contributed by atoms with van der Waals surface area (Å²) in [5.41, 5.74) is 3.73. The minimum Gasteiger partial charge on any atom is -0.481 e. The van der Waals surface area contributed by atoms with Gasteiger partial charge in [-0.15, -0.1) is 0 Å². The highest BCUT2D eigenvalue weighted by atomic mass is 16.4. The third-order valence-corrected chi connectivity index (χ3v) is 2.53. The first-order chi connectivity index (χ1) is 9.06. The summed E-state index contributed by atoms with van der Waals surface area (Å²) in [6.07, 6.45) is -0.127. The summed E-state index contributed by atoms with van der Waals surface area (Å²) in [6, 6.07) is -2.10. The zero-order valence-electron chi connectivity index (χ0n) is 11.3. The molecule has 0 aliphatic heterocycles. The Kier molecular flexibility index (Phi) is 6.47. The SMILES string of the molecule is CC(C)(NC(=O)N[C@H](CCCC(=O)O)C(=O)O)C(N)=O. The molecule has 0 heterocycles. The Labute approximate surface area is 115 Å². The van der Waals surface area contributed by atoms with E-state index in [4.69, 9.17) is 15.9 Å². The van der Waals surface area contributed by atoms with Crippen molar-refractivity contribution < 1.29 is 29.4 Å². The first kappa shape index (κ1) is 17.7. The van der Waals surface area contributed by atoms with Gasteiger partial charge in [-0.1, -0.05) is 0 Å². The van der Waals surface area contributed by atoms with Crippen LogP contribution in [-0.2, 0) is 14.4 Å². The molecule has 6 N–H and O–H groups in total. The number of hydrogen-bond acceptors (Lipinski definition) is 4. The second kappa shape index (κ2) is 7.31. The Morgan fingerprint density at radius 2 is 1.75 bits per heavy atom. The molecule has 9 heteroatoms. The summed E-state index contributed by atoms with van der Waals surface area (Å²) in [7, 11) is 0. The molecule has 114 valence electrons. The van der Waals surface area contributed by atoms with Crippen LogP contribution in [0.5, 0.6) is 0 Å². The van der Waals surface area contributed by atoms with Gasteiger partial charge >= 0.3 is 18.0 Å². The standard InChI is InChI=1S/C11H19N3O6/c1-11(2,9(12)19)14-10(20)13-6(8(17)18)4-3-5-7(15)16/h6H,3-5H2,1-2H3,(H2,12,19)(H,15,16)(H,17,18)(H2,13,14,20)/t6-/m1/s1. The van der Waals surface area contributed by atoms with Crippen LogP contribution in [0.3, 0.4) is 0 Å². The average molecular weight is 289 g/mol. The van der Waals surface area contributed by atoms with Gasteiger partial charge in [-0.25, -0.2) is 9.59 Å². The maximum Gasteiger partial charge on any atom is 0.326 e. The van der Waals surface area contributed by atoms with E-state index in [1.807, 2.05) is 0 Å². The van der Waals surface area contributed by atoms with E-state index in [1.165, 1.54) is 13.8 Å². The van der Waals surface area contributed by atoms with Gasteiger partial charge < -0.3 is 26.6 Å². The summed E-state index contributed by atoms with van der Waals surface area (Å²) in [4.78, 5) is 43.9. The fraction of sp³-hybridized carbons (Fsp3) is 0.636. The molecule has 0 saturated heterocycles. The summed E-state index contributed by atoms with van der Waals surface area (Å²) in [5, 5.41) is 21.8. The molecule has 0 aromatic carbocycles. The van der Waals surface area contributed by atoms with Gasteiger partial charge in [0.2, 0.25) is 5.91 Å². The van der Waals surface area contributed by atoms with Crippen LogP contribution in [-0.4, -0.2) is 45.7 Å². The fourth-order valence-corrected chi connectivity index (χ4v) is 1.25. The Morgan fingerprint density at radius 3 is 2.15 bits per heavy atom. The lowest BCUT2D eigenvalue weighted by Gasteiger charge is -2.24. The van der Waals surface area contributed by atoms with Crippen molar-refractivity contribution in [2.75, 3.05) is 0 Å². The van der Waals surface area contributed by atoms with Gasteiger partial charge in [0.15, 0.2) is 0 Å². The van der Waals surface area contributed by atoms with Crippen molar-refractivity contribution in [2.45, 2.75) is 44.7 Å². The molecule has 0 aromatic rings. The Balaban J connectivity index is 4.45. The predicted molar refractivity (Wildman–Crippen MR) is 67.9 cm³/mol. The minimum absolute atomic E-state index is 0.0357. The summed E-state index contributed by atoms with van der Waals surface area (Å²) >= 11 is 0. The lowest BCUT2D eigenvalue weighted by Crippen LogP contribution is -2.57. The van der Waals surface area contributed by atoms with Gasteiger partial charge in [0.1, 0.15) is 11.6 Å². The van der Waals surface area contributed by atoms with E-state index >= 15 is 0 Å². The lowest BCUT2D eigenvalue weighted by molar-refractivity contribution is -0.140. The molecule has 1 atom stereocenters. The number of carbonyl (C=O) groups excluding carboxylic acids is 2. The number of primary amides is 1. The molecule has 0 radical (unpaired) electrons. The molecule has 0 bridgehead atoms. The molecule has 20 heavy (non-hydrogen) atoms. The Morgan fingerprint density at radius 1 is 1.20 bits per heavy atom. The molecule has 9 nitrogen and oxygen atoms in total. The highest BCUT2D eigenvalue weighted by Crippen LogP contribution is 2.03. The predicted octanol–water partition coefficient (Wildman–Crippen LogP) is -0.742. The zero-order chi connectivity index (χ0) is 15.9. The van der Waals surface area contributed by atoms with E-state index in [9.17, 15) is 19.2 Å². The van der Waals surface area contributed by atoms with Gasteiger partial charge in [-0.3, -0.25) is 9.59 Å². The van der Waals surface area contributed by atoms with E-state index in [1.54, 1.807) is 0 Å². The van der Waals surface area contributed by atoms with Crippen LogP contribution < -0.4 is 16.4 Å². The second-order valence-electron chi connectivity index (χ2n) is 4.76. The Bertz CT molecular complexity index is 407. The van der Waals surface area contributed by atoms with Crippen LogP contribution in [0.4, 0.5) is 4.79 Å². The van der Waals surface area contributed by atoms with Crippen LogP contribution >= 0.6 is 0 Å². The third kappa shape index (κ3) is 6.57. The maximum absolute atomic E-state index is 11.6. The van der Waals surface area contributed by atoms with Crippen LogP contribution in [0, 0.1) is 0 Å². The van der Waals surface area contributed by atoms with Gasteiger partial charge in [0.25, 0.3) is 0 Å². The number of carboxylic acid groups (broad SMARTS) is 2. The highest BCUT2D eigenvalue weighted by molar-refractivity contribution is 5.90. The van der Waals surface area contributed by atoms with Crippen LogP contribution in [0.2, 0.25) is 0 Å². The quantitative estimate of drug-likeness (QED) is 0.395. The van der Waals surface area contributed by atoms with Crippen molar-refractivity contribution in [2.24, 2.45) is 5.73 Å². The van der Waals surface area contributed by atoms with Crippen molar-refractivity contribution in [3.8, 4) is 0 Å². The number of nitrogens with one attached hydrogen (secondary N) is 2. The molecular formula is C11H19N3O6. The summed E-state index contributed by atoms with van der Waals surface area (Å²) in [5.74, 6) is -3.11. The van der Waals surface area contributed by atoms with Crippen molar-refractivity contribution in [1.29, 1.82) is 0 Å². The molecule has 0 unspecified atom stereocenters. The van der Waals surface area contributed by atoms with E-state index in [0.29, 0.717) is 0 Å². The number of carboxylic acids is 2. The average Bonchev–Trinajstić information content (AvgIpc) is 2.25. The molecule has 0 aromatic heterocycles. The largest absolute Gasteiger partial charge is 0.481 e. The number of carbonyl (C=O) groups is 4. The van der Waals surface area contributed by atoms with E-state index in [-0.39, 0.29) is 19.3 Å². The number of hydrogen-bond donors (Lipinski definition) is 5. The van der Waals surface area contributed by atoms with Crippen molar-refractivity contribution >= 4 is 23.9 Å². The number of urea groups is 1. The van der Waals surface area contributed by atoms with Gasteiger partial charge in [-0.05, 0) is 26.7 Å². The smallest absolute Gasteiger partial charge is 0.326 e. The fourth-order valence-electron chi connectivity index (χ4n) is 1.25. The normalized spacial score (nSPS) is 12.3. The summed E-state index contributed by atoms with van der Waals surface area (Å²) in [6.45, 7) is 2.74. The number of amides is 3. The number of nitrogens with two attached hydrogens (primary N) is 1. The second-order valence-corrected chi connectivity index (χ2v) is 4.76. The van der Waals surface area contributed by atoms with Crippen molar-refractivity contribution in [3.63, 3.8) is 0 Å². The minimum atomic E-state index is -1.33. The van der Waals surface area contributed by atoms with Gasteiger partial charge in [-0.2, -0.15) is 0 Å². The monoisotopic (exact) mass is 289 g/mol. The molecule has 0 rings (SSSR count). The molecule has 0 aliphatic rings. The van der Waals surface area contributed by atoms with Crippen LogP contribution in [0.15, 0.2) is 0 Å². The first-order valence-electron chi connectivity index (χ1n) is 5.89. The zero-order valence-corrected chi connectivity index (χ0v) is 11.3. The van der Waals surface area contributed by atoms with E-state index in [0.717, 1.165) is 0 Å². The summed E-state index contributed by atoms with van der Waals surface area (Å²) < 4.78 is 0. The number of rotatable bonds is 8. The van der Waals surface area contributed by atoms with Gasteiger partial charge in [0.05, 0.1) is 0 Å². The highest BCUT2D eigenvalue weighted by Gasteiger charge is 2.28. The topological polar surface area (TPSA) is 159 Å².